The van der Waals surface area contributed by atoms with Gasteiger partial charge in [-0.1, -0.05) is 29.8 Å². The summed E-state index contributed by atoms with van der Waals surface area (Å²) in [5.74, 6) is 2.19. The minimum atomic E-state index is -0.106. The van der Waals surface area contributed by atoms with Gasteiger partial charge in [-0.3, -0.25) is 4.79 Å². The lowest BCUT2D eigenvalue weighted by atomic mass is 10.1. The average Bonchev–Trinajstić information content (AvgIpc) is 3.53. The first-order valence-corrected chi connectivity index (χ1v) is 9.21. The van der Waals surface area contributed by atoms with E-state index in [1.165, 1.54) is 12.8 Å². The van der Waals surface area contributed by atoms with E-state index < -0.39 is 0 Å². The van der Waals surface area contributed by atoms with Gasteiger partial charge in [0.15, 0.2) is 0 Å². The topological polar surface area (TPSA) is 66.9 Å². The third-order valence-electron chi connectivity index (χ3n) is 4.59. The van der Waals surface area contributed by atoms with Crippen LogP contribution in [-0.2, 0) is 6.54 Å². The van der Waals surface area contributed by atoms with Crippen molar-refractivity contribution in [2.45, 2.75) is 32.2 Å². The van der Waals surface area contributed by atoms with Crippen molar-refractivity contribution in [2.24, 2.45) is 0 Å². The Labute approximate surface area is 158 Å². The Morgan fingerprint density at radius 1 is 1.11 bits per heavy atom. The highest BCUT2D eigenvalue weighted by atomic mass is 16.1. The molecule has 1 aliphatic carbocycles. The number of aryl methyl sites for hydroxylation is 1. The zero-order chi connectivity index (χ0) is 18.6. The van der Waals surface area contributed by atoms with Crippen molar-refractivity contribution in [2.75, 3.05) is 10.6 Å². The van der Waals surface area contributed by atoms with Gasteiger partial charge in [-0.25, -0.2) is 9.97 Å². The number of aromatic nitrogens is 2. The van der Waals surface area contributed by atoms with E-state index in [0.29, 0.717) is 18.0 Å². The molecule has 0 saturated heterocycles. The number of rotatable bonds is 6. The van der Waals surface area contributed by atoms with E-state index >= 15 is 0 Å². The lowest BCUT2D eigenvalue weighted by Crippen LogP contribution is -2.12. The van der Waals surface area contributed by atoms with Crippen LogP contribution in [0, 0.1) is 6.92 Å². The number of hydrogen-bond donors (Lipinski definition) is 2. The summed E-state index contributed by atoms with van der Waals surface area (Å²) in [6.45, 7) is 2.64. The number of anilines is 2. The molecule has 5 heteroatoms. The fraction of sp³-hybridized carbons (Fsp3) is 0.227. The first-order valence-electron chi connectivity index (χ1n) is 9.21. The van der Waals surface area contributed by atoms with Crippen LogP contribution < -0.4 is 10.6 Å². The summed E-state index contributed by atoms with van der Waals surface area (Å²) >= 11 is 0. The molecule has 5 nitrogen and oxygen atoms in total. The van der Waals surface area contributed by atoms with Gasteiger partial charge in [0.2, 0.25) is 0 Å². The van der Waals surface area contributed by atoms with Gasteiger partial charge in [-0.15, -0.1) is 0 Å². The molecule has 4 rings (SSSR count). The molecule has 0 spiro atoms. The van der Waals surface area contributed by atoms with Gasteiger partial charge >= 0.3 is 0 Å². The second kappa shape index (κ2) is 7.58. The number of hydrogen-bond acceptors (Lipinski definition) is 4. The van der Waals surface area contributed by atoms with Gasteiger partial charge in [-0.05, 0) is 55.7 Å². The van der Waals surface area contributed by atoms with Gasteiger partial charge in [0.05, 0.1) is 0 Å². The van der Waals surface area contributed by atoms with Crippen LogP contribution in [-0.4, -0.2) is 15.9 Å². The van der Waals surface area contributed by atoms with Crippen LogP contribution in [0.3, 0.4) is 0 Å². The third-order valence-corrected chi connectivity index (χ3v) is 4.59. The summed E-state index contributed by atoms with van der Waals surface area (Å²) in [7, 11) is 0. The van der Waals surface area contributed by atoms with Crippen molar-refractivity contribution in [3.05, 3.63) is 83.3 Å². The molecule has 1 aromatic heterocycles. The Morgan fingerprint density at radius 2 is 1.93 bits per heavy atom. The van der Waals surface area contributed by atoms with Crippen molar-refractivity contribution < 1.29 is 4.79 Å². The van der Waals surface area contributed by atoms with Gasteiger partial charge in [-0.2, -0.15) is 0 Å². The van der Waals surface area contributed by atoms with E-state index in [0.717, 1.165) is 28.5 Å². The average molecular weight is 358 g/mol. The van der Waals surface area contributed by atoms with E-state index in [9.17, 15) is 4.79 Å². The first-order chi connectivity index (χ1) is 13.2. The molecule has 1 fully saturated rings. The molecule has 0 radical (unpaired) electrons. The summed E-state index contributed by atoms with van der Waals surface area (Å²) in [6.07, 6.45) is 4.18. The lowest BCUT2D eigenvalue weighted by Gasteiger charge is -2.10. The number of amides is 1. The molecule has 3 aromatic rings. The van der Waals surface area contributed by atoms with Gasteiger partial charge in [0.25, 0.3) is 5.91 Å². The highest BCUT2D eigenvalue weighted by molar-refractivity contribution is 6.04. The molecule has 2 N–H and O–H groups in total. The molecule has 1 amide bonds. The third kappa shape index (κ3) is 4.50. The molecule has 27 heavy (non-hydrogen) atoms. The van der Waals surface area contributed by atoms with Gasteiger partial charge in [0, 0.05) is 29.9 Å². The van der Waals surface area contributed by atoms with E-state index in [1.807, 2.05) is 61.5 Å². The van der Waals surface area contributed by atoms with Crippen LogP contribution in [0.15, 0.2) is 60.8 Å². The maximum absolute atomic E-state index is 12.4. The van der Waals surface area contributed by atoms with Crippen molar-refractivity contribution >= 4 is 17.4 Å². The molecule has 136 valence electrons. The largest absolute Gasteiger partial charge is 0.366 e. The van der Waals surface area contributed by atoms with Crippen molar-refractivity contribution in [3.8, 4) is 0 Å². The normalized spacial score (nSPS) is 13.2. The Balaban J connectivity index is 1.39. The zero-order valence-electron chi connectivity index (χ0n) is 15.3. The van der Waals surface area contributed by atoms with Gasteiger partial charge < -0.3 is 10.6 Å². The number of benzene rings is 2. The fourth-order valence-corrected chi connectivity index (χ4v) is 2.87. The maximum Gasteiger partial charge on any atom is 0.255 e. The first kappa shape index (κ1) is 17.2. The molecule has 0 unspecified atom stereocenters. The van der Waals surface area contributed by atoms with Crippen LogP contribution in [0.5, 0.6) is 0 Å². The Bertz CT molecular complexity index is 949. The second-order valence-corrected chi connectivity index (χ2v) is 6.95. The number of carbonyl (C=O) groups excluding carboxylic acids is 1. The smallest absolute Gasteiger partial charge is 0.255 e. The summed E-state index contributed by atoms with van der Waals surface area (Å²) < 4.78 is 0. The van der Waals surface area contributed by atoms with Crippen LogP contribution >= 0.6 is 0 Å². The maximum atomic E-state index is 12.4. The summed E-state index contributed by atoms with van der Waals surface area (Å²) in [6, 6.07) is 17.3. The second-order valence-electron chi connectivity index (χ2n) is 6.95. The minimum absolute atomic E-state index is 0.106. The lowest BCUT2D eigenvalue weighted by molar-refractivity contribution is 0.102. The Hall–Kier alpha value is -3.21. The molecule has 0 atom stereocenters. The van der Waals surface area contributed by atoms with E-state index in [-0.39, 0.29) is 5.91 Å². The molecule has 1 saturated carbocycles. The highest BCUT2D eigenvalue weighted by Crippen LogP contribution is 2.38. The zero-order valence-corrected chi connectivity index (χ0v) is 15.3. The fourth-order valence-electron chi connectivity index (χ4n) is 2.87. The van der Waals surface area contributed by atoms with Crippen LogP contribution in [0.1, 0.15) is 46.1 Å². The minimum Gasteiger partial charge on any atom is -0.366 e. The predicted molar refractivity (Wildman–Crippen MR) is 107 cm³/mol. The molecule has 0 aliphatic heterocycles. The number of nitrogens with one attached hydrogen (secondary N) is 2. The standard InChI is InChI=1S/C22H22N4O/c1-15-5-7-18(8-6-15)22(27)25-19-4-2-3-16(13-19)14-24-20-11-12-23-21(26-20)17-9-10-17/h2-8,11-13,17H,9-10,14H2,1H3,(H,25,27)(H,23,24,26). The Kier molecular flexibility index (Phi) is 4.83. The van der Waals surface area contributed by atoms with Crippen molar-refractivity contribution in [1.29, 1.82) is 0 Å². The van der Waals surface area contributed by atoms with Crippen molar-refractivity contribution in [3.63, 3.8) is 0 Å². The summed E-state index contributed by atoms with van der Waals surface area (Å²) in [5, 5.41) is 6.29. The van der Waals surface area contributed by atoms with Crippen molar-refractivity contribution in [1.82, 2.24) is 9.97 Å². The summed E-state index contributed by atoms with van der Waals surface area (Å²) in [4.78, 5) is 21.3. The molecule has 1 aliphatic rings. The van der Waals surface area contributed by atoms with E-state index in [2.05, 4.69) is 20.6 Å². The molecule has 2 aromatic carbocycles. The molecular weight excluding hydrogens is 336 g/mol. The van der Waals surface area contributed by atoms with E-state index in [1.54, 1.807) is 6.20 Å². The molecular formula is C22H22N4O. The predicted octanol–water partition coefficient (Wildman–Crippen LogP) is 4.53. The molecule has 1 heterocycles. The summed E-state index contributed by atoms with van der Waals surface area (Å²) in [5.41, 5.74) is 3.64. The van der Waals surface area contributed by atoms with Crippen LogP contribution in [0.2, 0.25) is 0 Å². The SMILES string of the molecule is Cc1ccc(C(=O)Nc2cccc(CNc3ccnc(C4CC4)n3)c2)cc1. The molecule has 0 bridgehead atoms. The van der Waals surface area contributed by atoms with Crippen LogP contribution in [0.4, 0.5) is 11.5 Å². The highest BCUT2D eigenvalue weighted by Gasteiger charge is 2.26. The Morgan fingerprint density at radius 3 is 2.70 bits per heavy atom. The van der Waals surface area contributed by atoms with Gasteiger partial charge in [0.1, 0.15) is 11.6 Å². The number of carbonyl (C=O) groups is 1. The van der Waals surface area contributed by atoms with Crippen LogP contribution in [0.25, 0.3) is 0 Å². The number of nitrogens with zero attached hydrogens (tertiary/aromatic N) is 2. The quantitative estimate of drug-likeness (QED) is 0.679. The van der Waals surface area contributed by atoms with E-state index in [4.69, 9.17) is 0 Å². The monoisotopic (exact) mass is 358 g/mol.